The van der Waals surface area contributed by atoms with Crippen LogP contribution in [0, 0.1) is 16.0 Å². The van der Waals surface area contributed by atoms with E-state index in [1.165, 1.54) is 0 Å². The molecule has 56 valence electrons. The van der Waals surface area contributed by atoms with Gasteiger partial charge in [-0.1, -0.05) is 0 Å². The molecule has 0 spiro atoms. The van der Waals surface area contributed by atoms with Gasteiger partial charge in [0.05, 0.1) is 12.3 Å². The molecule has 0 aromatic rings. The third-order valence-corrected chi connectivity index (χ3v) is 1.34. The number of carbonyl (C=O) groups is 1. The summed E-state index contributed by atoms with van der Waals surface area (Å²) in [4.78, 5) is 19.9. The Morgan fingerprint density at radius 1 is 1.80 bits per heavy atom. The standard InChI is InChI=1S/C5H7NO4/c7-5-1-4(3-10-5)2-6(8)9/h4H,1-3H2/t4-/m0/s1. The smallest absolute Gasteiger partial charge is 0.306 e. The maximum atomic E-state index is 10.4. The fourth-order valence-electron chi connectivity index (χ4n) is 0.892. The Hall–Kier alpha value is -1.13. The minimum Gasteiger partial charge on any atom is -0.465 e. The third-order valence-electron chi connectivity index (χ3n) is 1.34. The van der Waals surface area contributed by atoms with Crippen LogP contribution in [0.3, 0.4) is 0 Å². The summed E-state index contributed by atoms with van der Waals surface area (Å²) in [5.74, 6) is -0.533. The van der Waals surface area contributed by atoms with E-state index in [0.717, 1.165) is 0 Å². The first-order valence-electron chi connectivity index (χ1n) is 2.96. The van der Waals surface area contributed by atoms with Crippen LogP contribution < -0.4 is 0 Å². The van der Waals surface area contributed by atoms with Crippen molar-refractivity contribution in [2.75, 3.05) is 13.2 Å². The van der Waals surface area contributed by atoms with Crippen molar-refractivity contribution in [3.8, 4) is 0 Å². The summed E-state index contributed by atoms with van der Waals surface area (Å²) in [6.07, 6.45) is 0.195. The Morgan fingerprint density at radius 2 is 2.50 bits per heavy atom. The van der Waals surface area contributed by atoms with Crippen molar-refractivity contribution >= 4 is 5.97 Å². The molecule has 1 aliphatic rings. The molecule has 0 amide bonds. The van der Waals surface area contributed by atoms with Crippen molar-refractivity contribution in [2.24, 2.45) is 5.92 Å². The van der Waals surface area contributed by atoms with Crippen LogP contribution in [-0.4, -0.2) is 24.0 Å². The Kier molecular flexibility index (Phi) is 1.84. The van der Waals surface area contributed by atoms with Gasteiger partial charge in [-0.25, -0.2) is 0 Å². The zero-order valence-corrected chi connectivity index (χ0v) is 5.28. The number of esters is 1. The van der Waals surface area contributed by atoms with E-state index in [0.29, 0.717) is 0 Å². The van der Waals surface area contributed by atoms with Crippen molar-refractivity contribution in [3.05, 3.63) is 10.1 Å². The van der Waals surface area contributed by atoms with E-state index in [-0.39, 0.29) is 31.5 Å². The summed E-state index contributed by atoms with van der Waals surface area (Å²) >= 11 is 0. The maximum Gasteiger partial charge on any atom is 0.306 e. The van der Waals surface area contributed by atoms with Gasteiger partial charge in [-0.05, 0) is 0 Å². The molecule has 0 aromatic heterocycles. The Labute approximate surface area is 57.1 Å². The highest BCUT2D eigenvalue weighted by Gasteiger charge is 2.27. The number of hydrogen-bond donors (Lipinski definition) is 0. The summed E-state index contributed by atoms with van der Waals surface area (Å²) in [5, 5.41) is 9.90. The van der Waals surface area contributed by atoms with Gasteiger partial charge >= 0.3 is 5.97 Å². The van der Waals surface area contributed by atoms with Crippen LogP contribution >= 0.6 is 0 Å². The first kappa shape index (κ1) is 6.98. The zero-order valence-electron chi connectivity index (χ0n) is 5.28. The molecule has 1 aliphatic heterocycles. The lowest BCUT2D eigenvalue weighted by atomic mass is 10.1. The quantitative estimate of drug-likeness (QED) is 0.307. The number of hydrogen-bond acceptors (Lipinski definition) is 4. The van der Waals surface area contributed by atoms with E-state index in [1.54, 1.807) is 0 Å². The zero-order chi connectivity index (χ0) is 7.56. The van der Waals surface area contributed by atoms with Gasteiger partial charge in [-0.3, -0.25) is 14.9 Å². The lowest BCUT2D eigenvalue weighted by molar-refractivity contribution is -0.487. The molecule has 1 rings (SSSR count). The van der Waals surface area contributed by atoms with Gasteiger partial charge in [-0.2, -0.15) is 0 Å². The van der Waals surface area contributed by atoms with Crippen LogP contribution in [0.1, 0.15) is 6.42 Å². The second kappa shape index (κ2) is 2.64. The second-order valence-electron chi connectivity index (χ2n) is 2.27. The van der Waals surface area contributed by atoms with E-state index in [4.69, 9.17) is 0 Å². The highest BCUT2D eigenvalue weighted by Crippen LogP contribution is 2.13. The molecule has 0 N–H and O–H groups in total. The molecule has 0 unspecified atom stereocenters. The summed E-state index contributed by atoms with van der Waals surface area (Å²) in [7, 11) is 0. The molecule has 1 saturated heterocycles. The van der Waals surface area contributed by atoms with Gasteiger partial charge in [0.15, 0.2) is 0 Å². The molecule has 0 radical (unpaired) electrons. The van der Waals surface area contributed by atoms with Crippen molar-refractivity contribution in [1.29, 1.82) is 0 Å². The van der Waals surface area contributed by atoms with E-state index < -0.39 is 4.92 Å². The van der Waals surface area contributed by atoms with Crippen molar-refractivity contribution in [2.45, 2.75) is 6.42 Å². The molecule has 10 heavy (non-hydrogen) atoms. The van der Waals surface area contributed by atoms with Crippen LogP contribution in [0.5, 0.6) is 0 Å². The first-order chi connectivity index (χ1) is 4.68. The molecule has 0 aromatic carbocycles. The summed E-state index contributed by atoms with van der Waals surface area (Å²) in [6, 6.07) is 0. The largest absolute Gasteiger partial charge is 0.465 e. The van der Waals surface area contributed by atoms with Crippen LogP contribution in [0.2, 0.25) is 0 Å². The second-order valence-corrected chi connectivity index (χ2v) is 2.27. The van der Waals surface area contributed by atoms with Gasteiger partial charge < -0.3 is 4.74 Å². The Bertz CT molecular complexity index is 167. The van der Waals surface area contributed by atoms with Gasteiger partial charge in [0.25, 0.3) is 0 Å². The molecule has 5 nitrogen and oxygen atoms in total. The highest BCUT2D eigenvalue weighted by atomic mass is 16.6. The number of rotatable bonds is 2. The van der Waals surface area contributed by atoms with E-state index in [2.05, 4.69) is 4.74 Å². The van der Waals surface area contributed by atoms with Gasteiger partial charge in [0.1, 0.15) is 6.61 Å². The average molecular weight is 145 g/mol. The minimum atomic E-state index is -0.424. The molecule has 0 aliphatic carbocycles. The average Bonchev–Trinajstić information content (AvgIpc) is 2.13. The maximum absolute atomic E-state index is 10.4. The summed E-state index contributed by atoms with van der Waals surface area (Å²) in [5.41, 5.74) is 0. The predicted octanol–water partition coefficient (Wildman–Crippen LogP) is -0.174. The monoisotopic (exact) mass is 145 g/mol. The van der Waals surface area contributed by atoms with Crippen molar-refractivity contribution in [1.82, 2.24) is 0 Å². The number of nitrogens with zero attached hydrogens (tertiary/aromatic N) is 1. The normalized spacial score (nSPS) is 24.4. The first-order valence-corrected chi connectivity index (χ1v) is 2.96. The predicted molar refractivity (Wildman–Crippen MR) is 30.9 cm³/mol. The van der Waals surface area contributed by atoms with E-state index in [9.17, 15) is 14.9 Å². The van der Waals surface area contributed by atoms with Gasteiger partial charge in [0, 0.05) is 4.92 Å². The molecule has 0 bridgehead atoms. The van der Waals surface area contributed by atoms with Crippen molar-refractivity contribution < 1.29 is 14.5 Å². The summed E-state index contributed by atoms with van der Waals surface area (Å²) < 4.78 is 4.52. The molecule has 1 fully saturated rings. The number of carbonyl (C=O) groups excluding carboxylic acids is 1. The molecular weight excluding hydrogens is 138 g/mol. The molecule has 1 atom stereocenters. The van der Waals surface area contributed by atoms with Gasteiger partial charge in [0.2, 0.25) is 6.54 Å². The molecular formula is C5H7NO4. The SMILES string of the molecule is O=C1C[C@@H](C[N+](=O)[O-])CO1. The topological polar surface area (TPSA) is 69.4 Å². The minimum absolute atomic E-state index is 0.161. The van der Waals surface area contributed by atoms with E-state index in [1.807, 2.05) is 0 Å². The van der Waals surface area contributed by atoms with Crippen LogP contribution in [-0.2, 0) is 9.53 Å². The fraction of sp³-hybridized carbons (Fsp3) is 0.800. The van der Waals surface area contributed by atoms with Crippen molar-refractivity contribution in [3.63, 3.8) is 0 Å². The number of nitro groups is 1. The lowest BCUT2D eigenvalue weighted by Crippen LogP contribution is -2.13. The molecule has 5 heteroatoms. The lowest BCUT2D eigenvalue weighted by Gasteiger charge is -1.95. The molecule has 1 heterocycles. The Balaban J connectivity index is 2.31. The van der Waals surface area contributed by atoms with Gasteiger partial charge in [-0.15, -0.1) is 0 Å². The third kappa shape index (κ3) is 1.68. The van der Waals surface area contributed by atoms with Crippen LogP contribution in [0.15, 0.2) is 0 Å². The summed E-state index contributed by atoms with van der Waals surface area (Å²) in [6.45, 7) is 0.0472. The Morgan fingerprint density at radius 3 is 2.90 bits per heavy atom. The number of ether oxygens (including phenoxy) is 1. The van der Waals surface area contributed by atoms with Crippen LogP contribution in [0.25, 0.3) is 0 Å². The van der Waals surface area contributed by atoms with Crippen LogP contribution in [0.4, 0.5) is 0 Å². The highest BCUT2D eigenvalue weighted by molar-refractivity contribution is 5.71. The van der Waals surface area contributed by atoms with E-state index >= 15 is 0 Å². The molecule has 0 saturated carbocycles. The number of cyclic esters (lactones) is 1. The fourth-order valence-corrected chi connectivity index (χ4v) is 0.892.